The molecule has 17 aromatic rings. The molecule has 0 amide bonds. The SMILES string of the molecule is CC(C)c1ccc(-c2ccc3c(c2)B2c4cc(-c5ccc(C(C)C)cc5)ccc4N(c4cccc([Si](c5ccccc5)(c5ccccc5)c5cccc(-c6cc(C(C)C)cc(C(C)C)c6)c5)c4)c4cc(-n5c6ccccc6c6ccccc65)cc(c42)N3c2cccc([Si](c3ccccc3)(c3ccccc3)c3ccccc3)c2)cc1. The fraction of sp³-hybridized carbons (Fsp3) is 0.111. The largest absolute Gasteiger partial charge is 0.311 e. The monoisotopic (exact) mass is 1500 g/mol. The van der Waals surface area contributed by atoms with Crippen molar-refractivity contribution in [2.24, 2.45) is 0 Å². The lowest BCUT2D eigenvalue weighted by atomic mass is 9.33. The number of hydrogen-bond donors (Lipinski definition) is 0. The van der Waals surface area contributed by atoms with E-state index in [2.05, 4.69) is 458 Å². The Balaban J connectivity index is 0.932. The van der Waals surface area contributed by atoms with Crippen LogP contribution < -0.4 is 67.7 Å². The number of para-hydroxylation sites is 2. The van der Waals surface area contributed by atoms with Gasteiger partial charge in [-0.25, -0.2) is 0 Å². The van der Waals surface area contributed by atoms with Gasteiger partial charge in [-0.05, 0) is 198 Å². The average Bonchev–Trinajstić information content (AvgIpc) is 0.863. The van der Waals surface area contributed by atoms with Gasteiger partial charge in [-0.2, -0.15) is 0 Å². The molecule has 0 bridgehead atoms. The lowest BCUT2D eigenvalue weighted by Crippen LogP contribution is -2.74. The van der Waals surface area contributed by atoms with E-state index < -0.39 is 16.1 Å². The number of nitrogens with zero attached hydrogens (tertiary/aromatic N) is 3. The van der Waals surface area contributed by atoms with Gasteiger partial charge in [0, 0.05) is 44.9 Å². The molecule has 19 rings (SSSR count). The Bertz CT molecular complexity index is 6220. The van der Waals surface area contributed by atoms with Crippen molar-refractivity contribution in [3.8, 4) is 39.1 Å². The first-order valence-electron chi connectivity index (χ1n) is 40.8. The van der Waals surface area contributed by atoms with Crippen LogP contribution in [-0.2, 0) is 0 Å². The van der Waals surface area contributed by atoms with Gasteiger partial charge >= 0.3 is 0 Å². The minimum absolute atomic E-state index is 0.238. The quantitative estimate of drug-likeness (QED) is 0.0627. The molecule has 0 spiro atoms. The zero-order chi connectivity index (χ0) is 77.3. The molecule has 0 N–H and O–H groups in total. The van der Waals surface area contributed by atoms with Gasteiger partial charge in [0.1, 0.15) is 0 Å². The second kappa shape index (κ2) is 29.5. The number of rotatable bonds is 18. The van der Waals surface area contributed by atoms with Gasteiger partial charge in [-0.1, -0.05) is 383 Å². The maximum Gasteiger partial charge on any atom is 0.252 e. The molecule has 3 nitrogen and oxygen atoms in total. The van der Waals surface area contributed by atoms with Crippen molar-refractivity contribution >= 4 is 137 Å². The van der Waals surface area contributed by atoms with E-state index in [0.29, 0.717) is 23.7 Å². The molecule has 6 heteroatoms. The van der Waals surface area contributed by atoms with Gasteiger partial charge in [-0.3, -0.25) is 0 Å². The van der Waals surface area contributed by atoms with E-state index >= 15 is 0 Å². The lowest BCUT2D eigenvalue weighted by Gasteiger charge is -2.45. The molecule has 550 valence electrons. The summed E-state index contributed by atoms with van der Waals surface area (Å²) in [5.41, 5.74) is 26.5. The predicted molar refractivity (Wildman–Crippen MR) is 495 cm³/mol. The summed E-state index contributed by atoms with van der Waals surface area (Å²) in [7, 11) is -6.39. The first-order chi connectivity index (χ1) is 55.8. The average molecular weight is 1500 g/mol. The summed E-state index contributed by atoms with van der Waals surface area (Å²) in [6.45, 7) is 18.2. The Hall–Kier alpha value is -12.6. The predicted octanol–water partition coefficient (Wildman–Crippen LogP) is 21.1. The fourth-order valence-electron chi connectivity index (χ4n) is 19.0. The first kappa shape index (κ1) is 71.7. The van der Waals surface area contributed by atoms with Gasteiger partial charge < -0.3 is 14.4 Å². The smallest absolute Gasteiger partial charge is 0.252 e. The molecule has 2 aliphatic rings. The molecule has 0 aliphatic carbocycles. The highest BCUT2D eigenvalue weighted by Crippen LogP contribution is 2.48. The molecule has 0 atom stereocenters. The Kier molecular flexibility index (Phi) is 18.6. The van der Waals surface area contributed by atoms with Crippen molar-refractivity contribution < 1.29 is 0 Å². The molecular weight excluding hydrogens is 1410 g/mol. The summed E-state index contributed by atoms with van der Waals surface area (Å²) in [4.78, 5) is 5.35. The standard InChI is InChI=1S/C108H92BN3Si2/c1-73(2)77-51-55-79(56-52-77)82-59-61-104-100(67-82)109-101-68-83(80-57-53-78(54-58-80)74(3)4)60-62-105(101)111(88-33-30-46-97(70-88)114(93-40-20-12-21-41-93,94-42-22-13-23-43-94)95-44-28-31-81(66-95)86-64-84(75(5)6)63-85(65-86)76(7)8)107-72-89(112-102-49-26-24-47-98(102)99-48-25-27-50-103(99)112)71-106(108(107)109)110(104)87-32-29-45-96(69-87)113(90-34-14-9-15-35-90,91-36-16-10-17-37-91)92-38-18-11-19-39-92/h9-76H,1-8H3. The maximum absolute atomic E-state index is 3.30. The van der Waals surface area contributed by atoms with Crippen LogP contribution in [-0.4, -0.2) is 27.4 Å². The summed E-state index contributed by atoms with van der Waals surface area (Å²) >= 11 is 0. The van der Waals surface area contributed by atoms with Crippen LogP contribution in [0.4, 0.5) is 34.1 Å². The third kappa shape index (κ3) is 12.2. The summed E-state index contributed by atoms with van der Waals surface area (Å²) in [5.74, 6) is 1.55. The lowest BCUT2D eigenvalue weighted by molar-refractivity contribution is 0.834. The van der Waals surface area contributed by atoms with Crippen LogP contribution in [0.1, 0.15) is 101 Å². The molecule has 3 heterocycles. The summed E-state index contributed by atoms with van der Waals surface area (Å²) in [5, 5.41) is 13.0. The molecule has 0 unspecified atom stereocenters. The molecule has 0 saturated heterocycles. The molecular formula is C108H92BN3Si2. The number of anilines is 6. The number of hydrogen-bond acceptors (Lipinski definition) is 2. The molecule has 2 aliphatic heterocycles. The van der Waals surface area contributed by atoms with Gasteiger partial charge in [0.05, 0.1) is 16.7 Å². The Morgan fingerprint density at radius 2 is 0.544 bits per heavy atom. The third-order valence-corrected chi connectivity index (χ3v) is 34.3. The van der Waals surface area contributed by atoms with E-state index in [1.165, 1.54) is 124 Å². The fourth-order valence-corrected chi connectivity index (χ4v) is 28.6. The van der Waals surface area contributed by atoms with Crippen LogP contribution in [0.5, 0.6) is 0 Å². The Morgan fingerprint density at radius 3 is 0.930 bits per heavy atom. The van der Waals surface area contributed by atoms with E-state index in [9.17, 15) is 0 Å². The summed E-state index contributed by atoms with van der Waals surface area (Å²) < 4.78 is 2.55. The molecule has 114 heavy (non-hydrogen) atoms. The zero-order valence-corrected chi connectivity index (χ0v) is 68.2. The van der Waals surface area contributed by atoms with E-state index in [1.54, 1.807) is 0 Å². The van der Waals surface area contributed by atoms with Crippen LogP contribution >= 0.6 is 0 Å². The van der Waals surface area contributed by atoms with Gasteiger partial charge in [-0.15, -0.1) is 0 Å². The van der Waals surface area contributed by atoms with Crippen LogP contribution in [0.3, 0.4) is 0 Å². The summed E-state index contributed by atoms with van der Waals surface area (Å²) in [6.07, 6.45) is 0. The first-order valence-corrected chi connectivity index (χ1v) is 44.8. The molecule has 0 fully saturated rings. The molecule has 1 aromatic heterocycles. The Labute approximate surface area is 674 Å². The minimum atomic E-state index is -3.30. The molecule has 16 aromatic carbocycles. The topological polar surface area (TPSA) is 11.4 Å². The van der Waals surface area contributed by atoms with Gasteiger partial charge in [0.25, 0.3) is 6.71 Å². The normalized spacial score (nSPS) is 12.6. The van der Waals surface area contributed by atoms with Crippen molar-refractivity contribution in [1.82, 2.24) is 4.57 Å². The van der Waals surface area contributed by atoms with Crippen molar-refractivity contribution in [3.05, 3.63) is 411 Å². The number of fused-ring (bicyclic) bond motifs is 7. The Morgan fingerprint density at radius 1 is 0.219 bits per heavy atom. The van der Waals surface area contributed by atoms with Crippen molar-refractivity contribution in [2.45, 2.75) is 79.1 Å². The van der Waals surface area contributed by atoms with Crippen LogP contribution in [0.2, 0.25) is 0 Å². The third-order valence-electron chi connectivity index (χ3n) is 24.8. The zero-order valence-electron chi connectivity index (χ0n) is 66.2. The molecule has 0 radical (unpaired) electrons. The van der Waals surface area contributed by atoms with Crippen molar-refractivity contribution in [3.63, 3.8) is 0 Å². The van der Waals surface area contributed by atoms with Gasteiger partial charge in [0.15, 0.2) is 16.1 Å². The van der Waals surface area contributed by atoms with E-state index in [1.807, 2.05) is 0 Å². The number of aromatic nitrogens is 1. The number of benzene rings is 16. The van der Waals surface area contributed by atoms with E-state index in [0.717, 1.165) is 50.8 Å². The van der Waals surface area contributed by atoms with Gasteiger partial charge in [0.2, 0.25) is 0 Å². The summed E-state index contributed by atoms with van der Waals surface area (Å²) in [6, 6.07) is 151. The van der Waals surface area contributed by atoms with Crippen molar-refractivity contribution in [2.75, 3.05) is 9.80 Å². The minimum Gasteiger partial charge on any atom is -0.311 e. The highest BCUT2D eigenvalue weighted by Gasteiger charge is 2.48. The van der Waals surface area contributed by atoms with E-state index in [-0.39, 0.29) is 6.71 Å². The molecule has 0 saturated carbocycles. The highest BCUT2D eigenvalue weighted by molar-refractivity contribution is 7.20. The second-order valence-corrected chi connectivity index (χ2v) is 40.3. The second-order valence-electron chi connectivity index (χ2n) is 32.7. The van der Waals surface area contributed by atoms with Crippen molar-refractivity contribution in [1.29, 1.82) is 0 Å². The van der Waals surface area contributed by atoms with Crippen LogP contribution in [0.25, 0.3) is 60.9 Å². The van der Waals surface area contributed by atoms with Crippen LogP contribution in [0.15, 0.2) is 388 Å². The van der Waals surface area contributed by atoms with E-state index in [4.69, 9.17) is 0 Å². The highest BCUT2D eigenvalue weighted by atomic mass is 28.3. The maximum atomic E-state index is 2.68. The van der Waals surface area contributed by atoms with Crippen LogP contribution in [0, 0.1) is 0 Å².